The van der Waals surface area contributed by atoms with Crippen molar-refractivity contribution in [2.45, 2.75) is 20.4 Å². The number of halogens is 2. The van der Waals surface area contributed by atoms with Crippen LogP contribution in [0, 0.1) is 5.82 Å². The Morgan fingerprint density at radius 3 is 2.13 bits per heavy atom. The van der Waals surface area contributed by atoms with E-state index >= 15 is 0 Å². The average Bonchev–Trinajstić information content (AvgIpc) is 3.21. The summed E-state index contributed by atoms with van der Waals surface area (Å²) in [7, 11) is 0. The van der Waals surface area contributed by atoms with Gasteiger partial charge in [0, 0.05) is 22.7 Å². The fourth-order valence-corrected chi connectivity index (χ4v) is 3.95. The third kappa shape index (κ3) is 4.71. The van der Waals surface area contributed by atoms with Crippen LogP contribution in [0.2, 0.25) is 5.02 Å². The van der Waals surface area contributed by atoms with Crippen LogP contribution in [0.15, 0.2) is 79.0 Å². The lowest BCUT2D eigenvalue weighted by atomic mass is 10.0. The molecule has 0 N–H and O–H groups in total. The Hall–Kier alpha value is -2.95. The van der Waals surface area contributed by atoms with Gasteiger partial charge in [-0.2, -0.15) is 5.10 Å². The molecule has 4 aromatic rings. The van der Waals surface area contributed by atoms with Crippen LogP contribution in [-0.4, -0.2) is 27.8 Å². The van der Waals surface area contributed by atoms with Gasteiger partial charge in [0.2, 0.25) is 0 Å². The van der Waals surface area contributed by atoms with E-state index in [1.54, 1.807) is 12.1 Å². The molecule has 0 bridgehead atoms. The summed E-state index contributed by atoms with van der Waals surface area (Å²) < 4.78 is 15.2. The van der Waals surface area contributed by atoms with Gasteiger partial charge in [-0.05, 0) is 60.6 Å². The molecule has 0 fully saturated rings. The van der Waals surface area contributed by atoms with E-state index in [4.69, 9.17) is 16.7 Å². The molecule has 3 nitrogen and oxygen atoms in total. The van der Waals surface area contributed by atoms with E-state index in [-0.39, 0.29) is 5.82 Å². The van der Waals surface area contributed by atoms with E-state index in [1.807, 2.05) is 53.3 Å². The summed E-state index contributed by atoms with van der Waals surface area (Å²) >= 11 is 6.31. The van der Waals surface area contributed by atoms with Crippen LogP contribution in [0.1, 0.15) is 19.4 Å². The SMILES string of the molecule is CCN(CC)Cc1cnn(-c2ccc(-c3ccc(F)cc3)cc2)c1-c1cccc(Cl)c1. The monoisotopic (exact) mass is 433 g/mol. The quantitative estimate of drug-likeness (QED) is 0.318. The Morgan fingerprint density at radius 2 is 1.52 bits per heavy atom. The third-order valence-electron chi connectivity index (χ3n) is 5.52. The van der Waals surface area contributed by atoms with Crippen molar-refractivity contribution in [3.05, 3.63) is 95.4 Å². The van der Waals surface area contributed by atoms with Crippen LogP contribution < -0.4 is 0 Å². The maximum atomic E-state index is 13.2. The smallest absolute Gasteiger partial charge is 0.123 e. The fraction of sp³-hybridized carbons (Fsp3) is 0.192. The summed E-state index contributed by atoms with van der Waals surface area (Å²) in [4.78, 5) is 2.37. The van der Waals surface area contributed by atoms with E-state index in [1.165, 1.54) is 12.1 Å². The minimum absolute atomic E-state index is 0.233. The summed E-state index contributed by atoms with van der Waals surface area (Å²) in [6.07, 6.45) is 1.95. The summed E-state index contributed by atoms with van der Waals surface area (Å²) in [6.45, 7) is 7.11. The van der Waals surface area contributed by atoms with Crippen LogP contribution >= 0.6 is 11.6 Å². The summed E-state index contributed by atoms with van der Waals surface area (Å²) in [5, 5.41) is 5.43. The molecule has 0 amide bonds. The van der Waals surface area contributed by atoms with E-state index in [0.29, 0.717) is 5.02 Å². The maximum absolute atomic E-state index is 13.2. The van der Waals surface area contributed by atoms with Gasteiger partial charge in [-0.15, -0.1) is 0 Å². The van der Waals surface area contributed by atoms with Gasteiger partial charge in [0.1, 0.15) is 5.82 Å². The molecular weight excluding hydrogens is 409 g/mol. The third-order valence-corrected chi connectivity index (χ3v) is 5.76. The highest BCUT2D eigenvalue weighted by atomic mass is 35.5. The topological polar surface area (TPSA) is 21.1 Å². The lowest BCUT2D eigenvalue weighted by molar-refractivity contribution is 0.296. The van der Waals surface area contributed by atoms with Crippen molar-refractivity contribution in [1.82, 2.24) is 14.7 Å². The highest BCUT2D eigenvalue weighted by molar-refractivity contribution is 6.30. The predicted octanol–water partition coefficient (Wildman–Crippen LogP) is 6.84. The van der Waals surface area contributed by atoms with Crippen LogP contribution in [-0.2, 0) is 6.54 Å². The Bertz CT molecular complexity index is 1150. The number of nitrogens with zero attached hydrogens (tertiary/aromatic N) is 3. The zero-order valence-corrected chi connectivity index (χ0v) is 18.5. The van der Waals surface area contributed by atoms with Gasteiger partial charge in [0.15, 0.2) is 0 Å². The fourth-order valence-electron chi connectivity index (χ4n) is 3.76. The zero-order chi connectivity index (χ0) is 21.8. The van der Waals surface area contributed by atoms with Crippen LogP contribution in [0.5, 0.6) is 0 Å². The number of benzene rings is 3. The van der Waals surface area contributed by atoms with Gasteiger partial charge in [-0.3, -0.25) is 4.90 Å². The molecule has 4 rings (SSSR count). The van der Waals surface area contributed by atoms with Gasteiger partial charge in [0.25, 0.3) is 0 Å². The maximum Gasteiger partial charge on any atom is 0.123 e. The Kier molecular flexibility index (Phi) is 6.50. The molecule has 0 aliphatic rings. The van der Waals surface area contributed by atoms with Crippen molar-refractivity contribution in [3.63, 3.8) is 0 Å². The summed E-state index contributed by atoms with van der Waals surface area (Å²) in [5.41, 5.74) is 6.22. The molecule has 0 aliphatic heterocycles. The highest BCUT2D eigenvalue weighted by Crippen LogP contribution is 2.30. The Labute approximate surface area is 187 Å². The van der Waals surface area contributed by atoms with Gasteiger partial charge < -0.3 is 0 Å². The normalized spacial score (nSPS) is 11.3. The second-order valence-corrected chi connectivity index (χ2v) is 7.89. The molecule has 0 unspecified atom stereocenters. The average molecular weight is 434 g/mol. The van der Waals surface area contributed by atoms with E-state index < -0.39 is 0 Å². The molecule has 1 aromatic heterocycles. The molecule has 0 atom stereocenters. The molecular formula is C26H25ClFN3. The van der Waals surface area contributed by atoms with Crippen LogP contribution in [0.25, 0.3) is 28.1 Å². The van der Waals surface area contributed by atoms with Crippen LogP contribution in [0.3, 0.4) is 0 Å². The van der Waals surface area contributed by atoms with Crippen molar-refractivity contribution >= 4 is 11.6 Å². The first-order chi connectivity index (χ1) is 15.1. The molecule has 0 spiro atoms. The van der Waals surface area contributed by atoms with Gasteiger partial charge in [-0.1, -0.05) is 61.8 Å². The molecule has 0 saturated heterocycles. The molecule has 0 radical (unpaired) electrons. The first-order valence-corrected chi connectivity index (χ1v) is 10.9. The summed E-state index contributed by atoms with van der Waals surface area (Å²) in [6, 6.07) is 22.6. The first-order valence-electron chi connectivity index (χ1n) is 10.5. The molecule has 5 heteroatoms. The molecule has 1 heterocycles. The number of aromatic nitrogens is 2. The van der Waals surface area contributed by atoms with E-state index in [0.717, 1.165) is 53.3 Å². The van der Waals surface area contributed by atoms with E-state index in [9.17, 15) is 4.39 Å². The second-order valence-electron chi connectivity index (χ2n) is 7.46. The Morgan fingerprint density at radius 1 is 0.871 bits per heavy atom. The van der Waals surface area contributed by atoms with Gasteiger partial charge in [0.05, 0.1) is 17.6 Å². The van der Waals surface area contributed by atoms with Gasteiger partial charge in [-0.25, -0.2) is 9.07 Å². The lowest BCUT2D eigenvalue weighted by Gasteiger charge is -2.19. The van der Waals surface area contributed by atoms with Crippen molar-refractivity contribution in [1.29, 1.82) is 0 Å². The molecule has 0 saturated carbocycles. The summed E-state index contributed by atoms with van der Waals surface area (Å²) in [5.74, 6) is -0.233. The minimum atomic E-state index is -0.233. The number of hydrogen-bond acceptors (Lipinski definition) is 2. The van der Waals surface area contributed by atoms with Gasteiger partial charge >= 0.3 is 0 Å². The van der Waals surface area contributed by atoms with Crippen molar-refractivity contribution in [2.75, 3.05) is 13.1 Å². The predicted molar refractivity (Wildman–Crippen MR) is 126 cm³/mol. The lowest BCUT2D eigenvalue weighted by Crippen LogP contribution is -2.22. The number of rotatable bonds is 7. The zero-order valence-electron chi connectivity index (χ0n) is 17.7. The second kappa shape index (κ2) is 9.46. The minimum Gasteiger partial charge on any atom is -0.299 e. The Balaban J connectivity index is 1.75. The molecule has 0 aliphatic carbocycles. The molecule has 3 aromatic carbocycles. The molecule has 158 valence electrons. The van der Waals surface area contributed by atoms with E-state index in [2.05, 4.69) is 24.8 Å². The largest absolute Gasteiger partial charge is 0.299 e. The first kappa shape index (κ1) is 21.3. The standard InChI is InChI=1S/C26H25ClFN3/c1-3-30(4-2)18-22-17-29-31(26(22)21-6-5-7-23(27)16-21)25-14-10-20(11-15-25)19-8-12-24(28)13-9-19/h5-17H,3-4,18H2,1-2H3. The van der Waals surface area contributed by atoms with Crippen LogP contribution in [0.4, 0.5) is 4.39 Å². The van der Waals surface area contributed by atoms with Crippen molar-refractivity contribution in [3.8, 4) is 28.1 Å². The van der Waals surface area contributed by atoms with Crippen molar-refractivity contribution in [2.24, 2.45) is 0 Å². The molecule has 31 heavy (non-hydrogen) atoms. The highest BCUT2D eigenvalue weighted by Gasteiger charge is 2.17. The van der Waals surface area contributed by atoms with Crippen molar-refractivity contribution < 1.29 is 4.39 Å². The number of hydrogen-bond donors (Lipinski definition) is 0.